The Bertz CT molecular complexity index is 682. The van der Waals surface area contributed by atoms with Crippen LogP contribution in [0, 0.1) is 0 Å². The lowest BCUT2D eigenvalue weighted by atomic mass is 10.2. The number of benzene rings is 1. The van der Waals surface area contributed by atoms with Gasteiger partial charge in [0, 0.05) is 17.5 Å². The smallest absolute Gasteiger partial charge is 0.270 e. The molecule has 9 heteroatoms. The Kier molecular flexibility index (Phi) is 8.27. The van der Waals surface area contributed by atoms with Crippen LogP contribution in [0.2, 0.25) is 0 Å². The number of carbonyl (C=O) groups excluding carboxylic acids is 1. The molecule has 3 N–H and O–H groups in total. The summed E-state index contributed by atoms with van der Waals surface area (Å²) >= 11 is 1.43. The lowest BCUT2D eigenvalue weighted by molar-refractivity contribution is 0.0949. The number of hydrogen-bond acceptors (Lipinski definition) is 6. The zero-order valence-corrected chi connectivity index (χ0v) is 15.3. The fourth-order valence-corrected chi connectivity index (χ4v) is 2.88. The van der Waals surface area contributed by atoms with E-state index in [0.717, 1.165) is 22.7 Å². The lowest BCUT2D eigenvalue weighted by Crippen LogP contribution is -2.26. The quantitative estimate of drug-likeness (QED) is 0.764. The van der Waals surface area contributed by atoms with Gasteiger partial charge in [0.1, 0.15) is 23.9 Å². The first-order valence-corrected chi connectivity index (χ1v) is 7.99. The van der Waals surface area contributed by atoms with E-state index in [2.05, 4.69) is 10.3 Å². The maximum atomic E-state index is 11.9. The van der Waals surface area contributed by atoms with Gasteiger partial charge in [-0.2, -0.15) is 0 Å². The minimum atomic E-state index is -0.173. The number of fused-ring (bicyclic) bond motifs is 1. The van der Waals surface area contributed by atoms with Gasteiger partial charge in [-0.25, -0.2) is 4.98 Å². The van der Waals surface area contributed by atoms with Crippen LogP contribution < -0.4 is 20.5 Å². The second-order valence-corrected chi connectivity index (χ2v) is 5.65. The third-order valence-corrected chi connectivity index (χ3v) is 4.08. The molecule has 1 aliphatic heterocycles. The van der Waals surface area contributed by atoms with E-state index >= 15 is 0 Å². The number of ether oxygens (including phenoxy) is 2. The molecule has 0 bridgehead atoms. The largest absolute Gasteiger partial charge is 0.486 e. The van der Waals surface area contributed by atoms with E-state index in [1.165, 1.54) is 11.3 Å². The summed E-state index contributed by atoms with van der Waals surface area (Å²) in [5.74, 6) is 1.28. The molecule has 1 aliphatic rings. The van der Waals surface area contributed by atoms with Crippen LogP contribution >= 0.6 is 36.2 Å². The van der Waals surface area contributed by atoms with Crippen molar-refractivity contribution in [1.29, 1.82) is 0 Å². The molecule has 0 unspecified atom stereocenters. The van der Waals surface area contributed by atoms with Crippen molar-refractivity contribution >= 4 is 42.1 Å². The van der Waals surface area contributed by atoms with Gasteiger partial charge in [0.15, 0.2) is 11.5 Å². The molecule has 0 atom stereocenters. The molecule has 0 spiro atoms. The average Bonchev–Trinajstić information content (AvgIpc) is 3.04. The highest BCUT2D eigenvalue weighted by molar-refractivity contribution is 7.13. The number of halogens is 2. The van der Waals surface area contributed by atoms with Crippen LogP contribution in [0.5, 0.6) is 11.5 Å². The van der Waals surface area contributed by atoms with Gasteiger partial charge in [-0.15, -0.1) is 36.2 Å². The number of rotatable bonds is 5. The number of nitrogens with two attached hydrogens (primary N) is 1. The molecule has 3 rings (SSSR count). The third-order valence-electron chi connectivity index (χ3n) is 3.19. The van der Waals surface area contributed by atoms with Crippen LogP contribution in [0.4, 0.5) is 0 Å². The van der Waals surface area contributed by atoms with Crippen LogP contribution in [0.25, 0.3) is 10.6 Å². The summed E-state index contributed by atoms with van der Waals surface area (Å²) in [4.78, 5) is 16.3. The van der Waals surface area contributed by atoms with Crippen molar-refractivity contribution < 1.29 is 14.3 Å². The molecule has 6 nitrogen and oxygen atoms in total. The molecule has 0 aliphatic carbocycles. The van der Waals surface area contributed by atoms with Gasteiger partial charge in [0.25, 0.3) is 5.91 Å². The first kappa shape index (κ1) is 20.5. The SMILES string of the molecule is Cl.Cl.NCCCNC(=O)c1csc(-c2ccc3c(c2)OCCO3)n1. The number of hydrogen-bond donors (Lipinski definition) is 2. The van der Waals surface area contributed by atoms with Crippen molar-refractivity contribution in [3.05, 3.63) is 29.3 Å². The van der Waals surface area contributed by atoms with Crippen molar-refractivity contribution in [2.24, 2.45) is 5.73 Å². The van der Waals surface area contributed by atoms with Gasteiger partial charge >= 0.3 is 0 Å². The number of amides is 1. The Hall–Kier alpha value is -1.54. The maximum Gasteiger partial charge on any atom is 0.270 e. The minimum Gasteiger partial charge on any atom is -0.486 e. The molecule has 1 aromatic heterocycles. The van der Waals surface area contributed by atoms with Crippen molar-refractivity contribution in [2.75, 3.05) is 26.3 Å². The van der Waals surface area contributed by atoms with Gasteiger partial charge in [0.05, 0.1) is 0 Å². The zero-order chi connectivity index (χ0) is 15.4. The third kappa shape index (κ3) is 4.73. The Balaban J connectivity index is 0.00000144. The van der Waals surface area contributed by atoms with Gasteiger partial charge in [-0.3, -0.25) is 4.79 Å². The van der Waals surface area contributed by atoms with E-state index in [9.17, 15) is 4.79 Å². The van der Waals surface area contributed by atoms with Crippen LogP contribution in [-0.2, 0) is 0 Å². The highest BCUT2D eigenvalue weighted by Crippen LogP contribution is 2.35. The molecular weight excluding hydrogens is 373 g/mol. The molecule has 0 radical (unpaired) electrons. The van der Waals surface area contributed by atoms with Crippen molar-refractivity contribution in [3.63, 3.8) is 0 Å². The van der Waals surface area contributed by atoms with E-state index in [0.29, 0.717) is 37.7 Å². The monoisotopic (exact) mass is 391 g/mol. The maximum absolute atomic E-state index is 11.9. The number of aromatic nitrogens is 1. The molecule has 0 saturated carbocycles. The second kappa shape index (κ2) is 9.68. The molecule has 0 saturated heterocycles. The topological polar surface area (TPSA) is 86.5 Å². The summed E-state index contributed by atoms with van der Waals surface area (Å²) in [7, 11) is 0. The van der Waals surface area contributed by atoms with Crippen LogP contribution in [0.3, 0.4) is 0 Å². The zero-order valence-electron chi connectivity index (χ0n) is 12.8. The summed E-state index contributed by atoms with van der Waals surface area (Å²) in [6, 6.07) is 5.68. The normalized spacial score (nSPS) is 11.9. The summed E-state index contributed by atoms with van der Waals surface area (Å²) in [6.45, 7) is 2.23. The summed E-state index contributed by atoms with van der Waals surface area (Å²) < 4.78 is 11.1. The molecule has 1 aromatic carbocycles. The van der Waals surface area contributed by atoms with Crippen LogP contribution in [0.15, 0.2) is 23.6 Å². The fourth-order valence-electron chi connectivity index (χ4n) is 2.08. The Morgan fingerprint density at radius 3 is 2.75 bits per heavy atom. The number of nitrogens with zero attached hydrogens (tertiary/aromatic N) is 1. The fraction of sp³-hybridized carbons (Fsp3) is 0.333. The highest BCUT2D eigenvalue weighted by Gasteiger charge is 2.15. The summed E-state index contributed by atoms with van der Waals surface area (Å²) in [5, 5.41) is 5.33. The molecule has 2 aromatic rings. The average molecular weight is 392 g/mol. The molecule has 1 amide bonds. The van der Waals surface area contributed by atoms with Crippen molar-refractivity contribution in [3.8, 4) is 22.1 Å². The van der Waals surface area contributed by atoms with Gasteiger partial charge < -0.3 is 20.5 Å². The van der Waals surface area contributed by atoms with Gasteiger partial charge in [-0.05, 0) is 31.2 Å². The van der Waals surface area contributed by atoms with Crippen LogP contribution in [-0.4, -0.2) is 37.2 Å². The number of thiazole rings is 1. The van der Waals surface area contributed by atoms with E-state index in [1.807, 2.05) is 18.2 Å². The lowest BCUT2D eigenvalue weighted by Gasteiger charge is -2.18. The number of nitrogens with one attached hydrogen (secondary N) is 1. The van der Waals surface area contributed by atoms with E-state index in [-0.39, 0.29) is 30.7 Å². The summed E-state index contributed by atoms with van der Waals surface area (Å²) in [6.07, 6.45) is 0.755. The highest BCUT2D eigenvalue weighted by atomic mass is 35.5. The van der Waals surface area contributed by atoms with Crippen molar-refractivity contribution in [1.82, 2.24) is 10.3 Å². The van der Waals surface area contributed by atoms with E-state index in [1.54, 1.807) is 5.38 Å². The predicted molar refractivity (Wildman–Crippen MR) is 99.0 cm³/mol. The Morgan fingerprint density at radius 1 is 1.25 bits per heavy atom. The first-order valence-electron chi connectivity index (χ1n) is 7.12. The van der Waals surface area contributed by atoms with E-state index < -0.39 is 0 Å². The second-order valence-electron chi connectivity index (χ2n) is 4.79. The standard InChI is InChI=1S/C15H17N3O3S.2ClH/c16-4-1-5-17-14(19)11-9-22-15(18-11)10-2-3-12-13(8-10)21-7-6-20-12;;/h2-3,8-9H,1,4-7,16H2,(H,17,19);2*1H. The first-order chi connectivity index (χ1) is 10.8. The Labute approximate surface area is 156 Å². The van der Waals surface area contributed by atoms with Gasteiger partial charge in [-0.1, -0.05) is 0 Å². The van der Waals surface area contributed by atoms with Crippen molar-refractivity contribution in [2.45, 2.75) is 6.42 Å². The predicted octanol–water partition coefficient (Wildman–Crippen LogP) is 2.50. The van der Waals surface area contributed by atoms with Crippen LogP contribution in [0.1, 0.15) is 16.9 Å². The Morgan fingerprint density at radius 2 is 2.00 bits per heavy atom. The molecular formula is C15H19Cl2N3O3S. The minimum absolute atomic E-state index is 0. The molecule has 2 heterocycles. The molecule has 0 fully saturated rings. The molecule has 24 heavy (non-hydrogen) atoms. The summed E-state index contributed by atoms with van der Waals surface area (Å²) in [5.41, 5.74) is 6.74. The van der Waals surface area contributed by atoms with Gasteiger partial charge in [0.2, 0.25) is 0 Å². The molecule has 132 valence electrons. The number of carbonyl (C=O) groups is 1. The van der Waals surface area contributed by atoms with E-state index in [4.69, 9.17) is 15.2 Å².